The predicted octanol–water partition coefficient (Wildman–Crippen LogP) is 1.42. The molecule has 1 unspecified atom stereocenters. The highest BCUT2D eigenvalue weighted by Crippen LogP contribution is 2.28. The minimum Gasteiger partial charge on any atom is -0.360 e. The molecule has 0 saturated heterocycles. The molecule has 1 atom stereocenters. The Morgan fingerprint density at radius 2 is 2.11 bits per heavy atom. The molecule has 0 radical (unpaired) electrons. The number of imidazole rings is 1. The number of hydrogen-bond acceptors (Lipinski definition) is 5. The van der Waals surface area contributed by atoms with Crippen LogP contribution < -0.4 is 11.1 Å². The average Bonchev–Trinajstić information content (AvgIpc) is 2.51. The molecule has 18 heavy (non-hydrogen) atoms. The minimum absolute atomic E-state index is 0.0639. The lowest BCUT2D eigenvalue weighted by Gasteiger charge is -2.30. The third-order valence-electron chi connectivity index (χ3n) is 3.07. The lowest BCUT2D eigenvalue weighted by Crippen LogP contribution is -2.41. The van der Waals surface area contributed by atoms with Gasteiger partial charge in [-0.25, -0.2) is 0 Å². The normalized spacial score (nSPS) is 13.4. The van der Waals surface area contributed by atoms with E-state index in [4.69, 9.17) is 5.73 Å². The van der Waals surface area contributed by atoms with Crippen molar-refractivity contribution in [3.8, 4) is 0 Å². The van der Waals surface area contributed by atoms with E-state index in [1.165, 1.54) is 0 Å². The number of nitro groups is 1. The molecule has 1 aromatic rings. The van der Waals surface area contributed by atoms with E-state index in [-0.39, 0.29) is 17.3 Å². The van der Waals surface area contributed by atoms with E-state index < -0.39 is 4.92 Å². The first-order valence-corrected chi connectivity index (χ1v) is 5.82. The standard InChI is InChI=1S/C11H21N5O2/c1-7-13-10(16(17)18)9(15(7)5)14-8(6-12)11(2,3)4/h8,14H,6,12H2,1-5H3. The Labute approximate surface area is 107 Å². The second kappa shape index (κ2) is 4.93. The third-order valence-corrected chi connectivity index (χ3v) is 3.07. The smallest absolute Gasteiger partial charge is 0.360 e. The van der Waals surface area contributed by atoms with Crippen molar-refractivity contribution in [1.29, 1.82) is 0 Å². The van der Waals surface area contributed by atoms with E-state index in [9.17, 15) is 10.1 Å². The second-order valence-corrected chi connectivity index (χ2v) is 5.45. The Hall–Kier alpha value is -1.63. The predicted molar refractivity (Wildman–Crippen MR) is 70.5 cm³/mol. The zero-order valence-corrected chi connectivity index (χ0v) is 11.5. The van der Waals surface area contributed by atoms with Crippen LogP contribution in [-0.2, 0) is 7.05 Å². The summed E-state index contributed by atoms with van der Waals surface area (Å²) in [6.07, 6.45) is 0. The van der Waals surface area contributed by atoms with Crippen molar-refractivity contribution in [3.63, 3.8) is 0 Å². The van der Waals surface area contributed by atoms with Crippen LogP contribution in [0.4, 0.5) is 11.6 Å². The van der Waals surface area contributed by atoms with Crippen LogP contribution in [0.3, 0.4) is 0 Å². The van der Waals surface area contributed by atoms with E-state index in [2.05, 4.69) is 10.3 Å². The van der Waals surface area contributed by atoms with Gasteiger partial charge in [0.05, 0.1) is 0 Å². The number of rotatable bonds is 4. The molecule has 1 rings (SSSR count). The summed E-state index contributed by atoms with van der Waals surface area (Å²) in [5.74, 6) is 0.842. The number of aryl methyl sites for hydroxylation is 1. The lowest BCUT2D eigenvalue weighted by molar-refractivity contribution is -0.388. The first-order chi connectivity index (χ1) is 8.18. The molecular weight excluding hydrogens is 234 g/mol. The molecule has 7 nitrogen and oxygen atoms in total. The highest BCUT2D eigenvalue weighted by molar-refractivity contribution is 5.54. The summed E-state index contributed by atoms with van der Waals surface area (Å²) < 4.78 is 1.67. The molecule has 0 bridgehead atoms. The van der Waals surface area contributed by atoms with Gasteiger partial charge < -0.3 is 21.2 Å². The number of nitrogens with one attached hydrogen (secondary N) is 1. The minimum atomic E-state index is -0.481. The van der Waals surface area contributed by atoms with Crippen molar-refractivity contribution in [1.82, 2.24) is 9.55 Å². The fourth-order valence-electron chi connectivity index (χ4n) is 1.68. The van der Waals surface area contributed by atoms with Crippen molar-refractivity contribution < 1.29 is 4.92 Å². The number of aromatic nitrogens is 2. The molecule has 0 aromatic carbocycles. The molecule has 0 fully saturated rings. The topological polar surface area (TPSA) is 99.0 Å². The maximum absolute atomic E-state index is 11.0. The number of anilines is 1. The first kappa shape index (κ1) is 14.4. The van der Waals surface area contributed by atoms with Crippen LogP contribution in [0.1, 0.15) is 26.6 Å². The van der Waals surface area contributed by atoms with E-state index in [1.54, 1.807) is 18.5 Å². The fraction of sp³-hybridized carbons (Fsp3) is 0.727. The van der Waals surface area contributed by atoms with Crippen molar-refractivity contribution in [3.05, 3.63) is 15.9 Å². The Kier molecular flexibility index (Phi) is 3.95. The van der Waals surface area contributed by atoms with Gasteiger partial charge in [0.2, 0.25) is 11.6 Å². The summed E-state index contributed by atoms with van der Waals surface area (Å²) in [6, 6.07) is -0.0639. The summed E-state index contributed by atoms with van der Waals surface area (Å²) in [5, 5.41) is 14.1. The molecule has 7 heteroatoms. The first-order valence-electron chi connectivity index (χ1n) is 5.82. The van der Waals surface area contributed by atoms with Crippen LogP contribution in [0.25, 0.3) is 0 Å². The molecule has 102 valence electrons. The summed E-state index contributed by atoms with van der Waals surface area (Å²) >= 11 is 0. The summed E-state index contributed by atoms with van der Waals surface area (Å²) in [4.78, 5) is 14.4. The quantitative estimate of drug-likeness (QED) is 0.626. The zero-order valence-electron chi connectivity index (χ0n) is 11.5. The molecule has 0 aliphatic carbocycles. The fourth-order valence-corrected chi connectivity index (χ4v) is 1.68. The average molecular weight is 255 g/mol. The Morgan fingerprint density at radius 3 is 2.50 bits per heavy atom. The van der Waals surface area contributed by atoms with Gasteiger partial charge in [0.15, 0.2) is 0 Å². The van der Waals surface area contributed by atoms with E-state index in [0.29, 0.717) is 18.2 Å². The molecule has 0 aliphatic heterocycles. The van der Waals surface area contributed by atoms with Crippen LogP contribution in [-0.4, -0.2) is 27.1 Å². The van der Waals surface area contributed by atoms with Gasteiger partial charge in [-0.2, -0.15) is 0 Å². The van der Waals surface area contributed by atoms with Crippen molar-refractivity contribution >= 4 is 11.6 Å². The number of hydrogen-bond donors (Lipinski definition) is 2. The van der Waals surface area contributed by atoms with Gasteiger partial charge >= 0.3 is 5.82 Å². The van der Waals surface area contributed by atoms with Gasteiger partial charge in [0, 0.05) is 26.6 Å². The van der Waals surface area contributed by atoms with E-state index >= 15 is 0 Å². The Balaban J connectivity index is 3.13. The van der Waals surface area contributed by atoms with E-state index in [1.807, 2.05) is 20.8 Å². The van der Waals surface area contributed by atoms with E-state index in [0.717, 1.165) is 0 Å². The van der Waals surface area contributed by atoms with Gasteiger partial charge in [-0.15, -0.1) is 0 Å². The number of nitrogens with zero attached hydrogens (tertiary/aromatic N) is 3. The Bertz CT molecular complexity index is 447. The van der Waals surface area contributed by atoms with Crippen LogP contribution in [0.2, 0.25) is 0 Å². The maximum Gasteiger partial charge on any atom is 0.406 e. The lowest BCUT2D eigenvalue weighted by atomic mass is 9.87. The van der Waals surface area contributed by atoms with Crippen molar-refractivity contribution in [2.24, 2.45) is 18.2 Å². The molecule has 0 aliphatic rings. The zero-order chi connectivity index (χ0) is 14.1. The van der Waals surface area contributed by atoms with Crippen LogP contribution in [0, 0.1) is 22.5 Å². The van der Waals surface area contributed by atoms with Gasteiger partial charge in [-0.1, -0.05) is 20.8 Å². The highest BCUT2D eigenvalue weighted by Gasteiger charge is 2.29. The van der Waals surface area contributed by atoms with Crippen molar-refractivity contribution in [2.75, 3.05) is 11.9 Å². The van der Waals surface area contributed by atoms with Crippen LogP contribution in [0.15, 0.2) is 0 Å². The SMILES string of the molecule is Cc1nc([N+](=O)[O-])c(NC(CN)C(C)(C)C)n1C. The van der Waals surface area contributed by atoms with Gasteiger partial charge in [0.25, 0.3) is 0 Å². The van der Waals surface area contributed by atoms with Gasteiger partial charge in [0.1, 0.15) is 0 Å². The third kappa shape index (κ3) is 2.79. The molecule has 0 saturated carbocycles. The second-order valence-electron chi connectivity index (χ2n) is 5.45. The molecule has 1 aromatic heterocycles. The number of nitrogens with two attached hydrogens (primary N) is 1. The molecule has 3 N–H and O–H groups in total. The molecule has 0 spiro atoms. The van der Waals surface area contributed by atoms with Crippen LogP contribution in [0.5, 0.6) is 0 Å². The van der Waals surface area contributed by atoms with Crippen LogP contribution >= 0.6 is 0 Å². The largest absolute Gasteiger partial charge is 0.406 e. The van der Waals surface area contributed by atoms with Gasteiger partial charge in [-0.05, 0) is 15.3 Å². The summed E-state index contributed by atoms with van der Waals surface area (Å²) in [7, 11) is 1.74. The maximum atomic E-state index is 11.0. The summed E-state index contributed by atoms with van der Waals surface area (Å²) in [5.41, 5.74) is 5.63. The Morgan fingerprint density at radius 1 is 1.56 bits per heavy atom. The molecule has 1 heterocycles. The van der Waals surface area contributed by atoms with Gasteiger partial charge in [-0.3, -0.25) is 4.57 Å². The summed E-state index contributed by atoms with van der Waals surface area (Å²) in [6.45, 7) is 8.23. The molecular formula is C11H21N5O2. The van der Waals surface area contributed by atoms with Crippen molar-refractivity contribution in [2.45, 2.75) is 33.7 Å². The highest BCUT2D eigenvalue weighted by atomic mass is 16.6. The molecule has 0 amide bonds. The monoisotopic (exact) mass is 255 g/mol.